The van der Waals surface area contributed by atoms with Gasteiger partial charge < -0.3 is 16.0 Å². The molecule has 1 fully saturated rings. The Balaban J connectivity index is 1.65. The summed E-state index contributed by atoms with van der Waals surface area (Å²) in [6.45, 7) is 3.55. The molecular formula is C17H24BrN3O. The molecule has 1 saturated carbocycles. The molecule has 1 heterocycles. The van der Waals surface area contributed by atoms with Crippen LogP contribution in [0.2, 0.25) is 0 Å². The summed E-state index contributed by atoms with van der Waals surface area (Å²) in [5, 5.41) is 3.21. The minimum Gasteiger partial charge on any atom is -0.335 e. The molecule has 1 aliphatic heterocycles. The molecule has 1 aromatic rings. The van der Waals surface area contributed by atoms with Crippen molar-refractivity contribution in [2.75, 3.05) is 6.54 Å². The standard InChI is InChI=1S/C17H24BrN3O/c1-11-6-13-3-4-15(18)8-14(13)10-21(11)17(22)20-16-5-2-12(7-16)9-19/h3-4,8,11-12,16H,2,5-7,9-10,19H2,1H3,(H,20,22). The van der Waals surface area contributed by atoms with E-state index in [1.54, 1.807) is 0 Å². The molecule has 0 bridgehead atoms. The van der Waals surface area contributed by atoms with E-state index >= 15 is 0 Å². The number of amides is 2. The third-order valence-electron chi connectivity index (χ3n) is 5.02. The lowest BCUT2D eigenvalue weighted by Crippen LogP contribution is -2.50. The Morgan fingerprint density at radius 3 is 2.95 bits per heavy atom. The second-order valence-electron chi connectivity index (χ2n) is 6.66. The minimum absolute atomic E-state index is 0.0702. The zero-order valence-corrected chi connectivity index (χ0v) is 14.6. The Morgan fingerprint density at radius 1 is 1.41 bits per heavy atom. The van der Waals surface area contributed by atoms with Crippen LogP contribution in [-0.2, 0) is 13.0 Å². The van der Waals surface area contributed by atoms with E-state index in [0.29, 0.717) is 12.5 Å². The van der Waals surface area contributed by atoms with Crippen LogP contribution in [-0.4, -0.2) is 29.6 Å². The second-order valence-corrected chi connectivity index (χ2v) is 7.57. The van der Waals surface area contributed by atoms with Crippen molar-refractivity contribution in [3.63, 3.8) is 0 Å². The maximum absolute atomic E-state index is 12.6. The summed E-state index contributed by atoms with van der Waals surface area (Å²) in [5.41, 5.74) is 8.33. The maximum atomic E-state index is 12.6. The first kappa shape index (κ1) is 15.8. The molecule has 5 heteroatoms. The number of nitrogens with zero attached hydrogens (tertiary/aromatic N) is 1. The van der Waals surface area contributed by atoms with Crippen LogP contribution >= 0.6 is 15.9 Å². The lowest BCUT2D eigenvalue weighted by Gasteiger charge is -2.35. The highest BCUT2D eigenvalue weighted by molar-refractivity contribution is 9.10. The summed E-state index contributed by atoms with van der Waals surface area (Å²) >= 11 is 3.52. The van der Waals surface area contributed by atoms with Crippen molar-refractivity contribution in [3.05, 3.63) is 33.8 Å². The lowest BCUT2D eigenvalue weighted by atomic mass is 9.95. The number of carbonyl (C=O) groups excluding carboxylic acids is 1. The molecule has 1 aliphatic carbocycles. The second kappa shape index (κ2) is 6.59. The summed E-state index contributed by atoms with van der Waals surface area (Å²) in [6, 6.07) is 6.96. The van der Waals surface area contributed by atoms with Crippen LogP contribution in [0.25, 0.3) is 0 Å². The van der Waals surface area contributed by atoms with E-state index in [1.165, 1.54) is 11.1 Å². The van der Waals surface area contributed by atoms with Crippen LogP contribution < -0.4 is 11.1 Å². The monoisotopic (exact) mass is 365 g/mol. The molecule has 0 radical (unpaired) electrons. The van der Waals surface area contributed by atoms with E-state index in [9.17, 15) is 4.79 Å². The van der Waals surface area contributed by atoms with Crippen LogP contribution in [0.1, 0.15) is 37.3 Å². The fourth-order valence-electron chi connectivity index (χ4n) is 3.66. The fourth-order valence-corrected chi connectivity index (χ4v) is 4.07. The minimum atomic E-state index is 0.0702. The van der Waals surface area contributed by atoms with Gasteiger partial charge in [0.05, 0.1) is 0 Å². The van der Waals surface area contributed by atoms with Gasteiger partial charge in [-0.2, -0.15) is 0 Å². The SMILES string of the molecule is CC1Cc2ccc(Br)cc2CN1C(=O)NC1CCC(CN)C1. The van der Waals surface area contributed by atoms with Crippen molar-refractivity contribution >= 4 is 22.0 Å². The van der Waals surface area contributed by atoms with Gasteiger partial charge in [-0.25, -0.2) is 4.79 Å². The van der Waals surface area contributed by atoms with Gasteiger partial charge in [-0.15, -0.1) is 0 Å². The van der Waals surface area contributed by atoms with Gasteiger partial charge in [-0.05, 0) is 68.3 Å². The zero-order chi connectivity index (χ0) is 15.7. The predicted molar refractivity (Wildman–Crippen MR) is 91.6 cm³/mol. The Kier molecular flexibility index (Phi) is 4.73. The Morgan fingerprint density at radius 2 is 2.23 bits per heavy atom. The molecule has 0 saturated heterocycles. The van der Waals surface area contributed by atoms with E-state index in [0.717, 1.165) is 36.7 Å². The van der Waals surface area contributed by atoms with E-state index < -0.39 is 0 Å². The van der Waals surface area contributed by atoms with Crippen molar-refractivity contribution in [3.8, 4) is 0 Å². The molecule has 2 aliphatic rings. The smallest absolute Gasteiger partial charge is 0.318 e. The molecule has 1 aromatic carbocycles. The number of benzene rings is 1. The third-order valence-corrected chi connectivity index (χ3v) is 5.51. The van der Waals surface area contributed by atoms with Crippen molar-refractivity contribution in [1.82, 2.24) is 10.2 Å². The van der Waals surface area contributed by atoms with Crippen molar-refractivity contribution < 1.29 is 4.79 Å². The molecule has 3 N–H and O–H groups in total. The molecule has 3 unspecified atom stereocenters. The number of urea groups is 1. The zero-order valence-electron chi connectivity index (χ0n) is 13.0. The molecule has 0 spiro atoms. The Hall–Kier alpha value is -1.07. The van der Waals surface area contributed by atoms with Gasteiger partial charge in [0.25, 0.3) is 0 Å². The van der Waals surface area contributed by atoms with Crippen LogP contribution in [0.5, 0.6) is 0 Å². The van der Waals surface area contributed by atoms with Crippen LogP contribution in [0.15, 0.2) is 22.7 Å². The first-order chi connectivity index (χ1) is 10.6. The first-order valence-corrected chi connectivity index (χ1v) is 8.90. The number of rotatable bonds is 2. The van der Waals surface area contributed by atoms with Gasteiger partial charge in [-0.3, -0.25) is 0 Å². The number of halogens is 1. The van der Waals surface area contributed by atoms with Gasteiger partial charge in [0.1, 0.15) is 0 Å². The third kappa shape index (κ3) is 3.30. The molecule has 0 aromatic heterocycles. The fraction of sp³-hybridized carbons (Fsp3) is 0.588. The molecule has 22 heavy (non-hydrogen) atoms. The van der Waals surface area contributed by atoms with E-state index in [2.05, 4.69) is 46.4 Å². The summed E-state index contributed by atoms with van der Waals surface area (Å²) in [4.78, 5) is 14.6. The van der Waals surface area contributed by atoms with E-state index in [-0.39, 0.29) is 18.1 Å². The average molecular weight is 366 g/mol. The predicted octanol–water partition coefficient (Wildman–Crippen LogP) is 3.03. The average Bonchev–Trinajstić information content (AvgIpc) is 2.94. The van der Waals surface area contributed by atoms with Gasteiger partial charge in [0.15, 0.2) is 0 Å². The van der Waals surface area contributed by atoms with Crippen LogP contribution in [0.3, 0.4) is 0 Å². The largest absolute Gasteiger partial charge is 0.335 e. The quantitative estimate of drug-likeness (QED) is 0.845. The van der Waals surface area contributed by atoms with Crippen molar-refractivity contribution in [2.45, 2.75) is 51.2 Å². The topological polar surface area (TPSA) is 58.4 Å². The highest BCUT2D eigenvalue weighted by atomic mass is 79.9. The number of fused-ring (bicyclic) bond motifs is 1. The maximum Gasteiger partial charge on any atom is 0.318 e. The summed E-state index contributed by atoms with van der Waals surface area (Å²) in [5.74, 6) is 0.570. The highest BCUT2D eigenvalue weighted by Gasteiger charge is 2.30. The number of nitrogens with one attached hydrogen (secondary N) is 1. The number of hydrogen-bond acceptors (Lipinski definition) is 2. The molecule has 120 valence electrons. The van der Waals surface area contributed by atoms with E-state index in [4.69, 9.17) is 5.73 Å². The number of nitrogens with two attached hydrogens (primary N) is 1. The molecule has 2 amide bonds. The molecule has 3 rings (SSSR count). The van der Waals surface area contributed by atoms with Gasteiger partial charge >= 0.3 is 6.03 Å². The highest BCUT2D eigenvalue weighted by Crippen LogP contribution is 2.28. The van der Waals surface area contributed by atoms with Crippen molar-refractivity contribution in [2.24, 2.45) is 11.7 Å². The summed E-state index contributed by atoms with van der Waals surface area (Å²) in [7, 11) is 0. The van der Waals surface area contributed by atoms with Gasteiger partial charge in [-0.1, -0.05) is 22.0 Å². The number of hydrogen-bond donors (Lipinski definition) is 2. The summed E-state index contributed by atoms with van der Waals surface area (Å²) in [6.07, 6.45) is 4.13. The van der Waals surface area contributed by atoms with E-state index in [1.807, 2.05) is 4.90 Å². The van der Waals surface area contributed by atoms with Crippen LogP contribution in [0, 0.1) is 5.92 Å². The molecule has 3 atom stereocenters. The lowest BCUT2D eigenvalue weighted by molar-refractivity contribution is 0.165. The van der Waals surface area contributed by atoms with Crippen LogP contribution in [0.4, 0.5) is 4.79 Å². The summed E-state index contributed by atoms with van der Waals surface area (Å²) < 4.78 is 1.07. The molecular weight excluding hydrogens is 342 g/mol. The van der Waals surface area contributed by atoms with Crippen molar-refractivity contribution in [1.29, 1.82) is 0 Å². The van der Waals surface area contributed by atoms with Gasteiger partial charge in [0.2, 0.25) is 0 Å². The Bertz CT molecular complexity index is 563. The number of carbonyl (C=O) groups is 1. The normalized spacial score (nSPS) is 27.6. The Labute approximate surface area is 140 Å². The molecule has 4 nitrogen and oxygen atoms in total. The van der Waals surface area contributed by atoms with Gasteiger partial charge in [0, 0.05) is 23.1 Å². The first-order valence-electron chi connectivity index (χ1n) is 8.11.